The average molecular weight is 452 g/mol. The Morgan fingerprint density at radius 3 is 2.44 bits per heavy atom. The van der Waals surface area contributed by atoms with Crippen LogP contribution in [0.1, 0.15) is 37.4 Å². The summed E-state index contributed by atoms with van der Waals surface area (Å²) in [5.41, 5.74) is 8.40. The Bertz CT molecular complexity index is 1270. The van der Waals surface area contributed by atoms with Crippen molar-refractivity contribution in [2.45, 2.75) is 25.2 Å². The van der Waals surface area contributed by atoms with Crippen molar-refractivity contribution in [2.24, 2.45) is 5.73 Å². The van der Waals surface area contributed by atoms with Crippen LogP contribution in [0.25, 0.3) is 0 Å². The number of primary amides is 1. The Morgan fingerprint density at radius 2 is 1.69 bits per heavy atom. The Morgan fingerprint density at radius 1 is 0.938 bits per heavy atom. The van der Waals surface area contributed by atoms with Gasteiger partial charge in [0, 0.05) is 12.1 Å². The lowest BCUT2D eigenvalue weighted by Gasteiger charge is -2.14. The van der Waals surface area contributed by atoms with Crippen molar-refractivity contribution < 1.29 is 18.0 Å². The highest BCUT2D eigenvalue weighted by molar-refractivity contribution is 7.92. The molecule has 0 heterocycles. The summed E-state index contributed by atoms with van der Waals surface area (Å²) in [7, 11) is -3.87. The van der Waals surface area contributed by atoms with Crippen molar-refractivity contribution in [3.05, 3.63) is 94.5 Å². The van der Waals surface area contributed by atoms with Gasteiger partial charge in [0.25, 0.3) is 15.9 Å². The van der Waals surface area contributed by atoms with Crippen LogP contribution in [0.15, 0.2) is 71.6 Å². The first kappa shape index (κ1) is 23.0. The second-order valence-electron chi connectivity index (χ2n) is 7.49. The molecule has 7 nitrogen and oxygen atoms in total. The predicted octanol–water partition coefficient (Wildman–Crippen LogP) is 3.18. The van der Waals surface area contributed by atoms with Gasteiger partial charge in [0.2, 0.25) is 5.91 Å². The molecule has 0 aliphatic rings. The number of nitrogens with one attached hydrogen (secondary N) is 2. The normalized spacial score (nSPS) is 11.1. The van der Waals surface area contributed by atoms with Crippen molar-refractivity contribution in [3.8, 4) is 0 Å². The summed E-state index contributed by atoms with van der Waals surface area (Å²) in [5.74, 6) is -0.920. The minimum Gasteiger partial charge on any atom is -0.366 e. The number of rotatable bonds is 8. The molecular formula is C24H25N3O4S. The summed E-state index contributed by atoms with van der Waals surface area (Å²) >= 11 is 0. The molecular weight excluding hydrogens is 426 g/mol. The molecule has 166 valence electrons. The SMILES string of the molecule is Cc1ccc(C)c(S(=O)(=O)Nc2ccccc2C(=O)NCCc2cccc(C(N)=O)c2)c1. The van der Waals surface area contributed by atoms with Crippen molar-refractivity contribution in [2.75, 3.05) is 11.3 Å². The topological polar surface area (TPSA) is 118 Å². The maximum atomic E-state index is 13.0. The molecule has 0 aliphatic carbocycles. The highest BCUT2D eigenvalue weighted by atomic mass is 32.2. The van der Waals surface area contributed by atoms with E-state index in [4.69, 9.17) is 5.73 Å². The highest BCUT2D eigenvalue weighted by Crippen LogP contribution is 2.23. The molecule has 0 aliphatic heterocycles. The van der Waals surface area contributed by atoms with E-state index in [0.717, 1.165) is 11.1 Å². The molecule has 3 rings (SSSR count). The molecule has 3 aromatic carbocycles. The Balaban J connectivity index is 1.73. The number of sulfonamides is 1. The lowest BCUT2D eigenvalue weighted by Crippen LogP contribution is -2.27. The van der Waals surface area contributed by atoms with Crippen LogP contribution >= 0.6 is 0 Å². The summed E-state index contributed by atoms with van der Waals surface area (Å²) < 4.78 is 28.4. The van der Waals surface area contributed by atoms with Crippen LogP contribution in [-0.2, 0) is 16.4 Å². The quantitative estimate of drug-likeness (QED) is 0.487. The van der Waals surface area contributed by atoms with Gasteiger partial charge in [-0.3, -0.25) is 14.3 Å². The third-order valence-corrected chi connectivity index (χ3v) is 6.47. The summed E-state index contributed by atoms with van der Waals surface area (Å²) in [5, 5.41) is 2.79. The highest BCUT2D eigenvalue weighted by Gasteiger charge is 2.20. The molecule has 0 saturated carbocycles. The van der Waals surface area contributed by atoms with Crippen LogP contribution in [0.2, 0.25) is 0 Å². The number of para-hydroxylation sites is 1. The third kappa shape index (κ3) is 5.53. The number of nitrogens with two attached hydrogens (primary N) is 1. The monoisotopic (exact) mass is 451 g/mol. The summed E-state index contributed by atoms with van der Waals surface area (Å²) in [6.07, 6.45) is 0.489. The van der Waals surface area contributed by atoms with E-state index in [1.807, 2.05) is 19.1 Å². The molecule has 0 unspecified atom stereocenters. The Kier molecular flexibility index (Phi) is 6.95. The van der Waals surface area contributed by atoms with E-state index < -0.39 is 21.8 Å². The van der Waals surface area contributed by atoms with E-state index in [0.29, 0.717) is 24.1 Å². The minimum atomic E-state index is -3.87. The molecule has 0 fully saturated rings. The fourth-order valence-electron chi connectivity index (χ4n) is 3.26. The van der Waals surface area contributed by atoms with Gasteiger partial charge in [0.15, 0.2) is 0 Å². The lowest BCUT2D eigenvalue weighted by molar-refractivity contribution is 0.0953. The lowest BCUT2D eigenvalue weighted by atomic mass is 10.1. The first-order valence-electron chi connectivity index (χ1n) is 10.0. The van der Waals surface area contributed by atoms with Gasteiger partial charge in [-0.25, -0.2) is 8.42 Å². The Labute approximate surface area is 187 Å². The summed E-state index contributed by atoms with van der Waals surface area (Å²) in [6, 6.07) is 18.5. The van der Waals surface area contributed by atoms with Gasteiger partial charge >= 0.3 is 0 Å². The fourth-order valence-corrected chi connectivity index (χ4v) is 4.67. The number of hydrogen-bond acceptors (Lipinski definition) is 4. The van der Waals surface area contributed by atoms with Gasteiger partial charge < -0.3 is 11.1 Å². The first-order valence-corrected chi connectivity index (χ1v) is 11.5. The minimum absolute atomic E-state index is 0.169. The molecule has 0 spiro atoms. The number of carbonyl (C=O) groups is 2. The molecule has 2 amide bonds. The van der Waals surface area contributed by atoms with Crippen molar-refractivity contribution in [1.82, 2.24) is 5.32 Å². The van der Waals surface area contributed by atoms with E-state index in [1.165, 1.54) is 0 Å². The molecule has 0 atom stereocenters. The summed E-state index contributed by atoms with van der Waals surface area (Å²) in [4.78, 5) is 24.2. The number of carbonyl (C=O) groups excluding carboxylic acids is 2. The van der Waals surface area contributed by atoms with Gasteiger partial charge in [0.1, 0.15) is 0 Å². The number of anilines is 1. The molecule has 0 radical (unpaired) electrons. The maximum absolute atomic E-state index is 13.0. The van der Waals surface area contributed by atoms with Crippen molar-refractivity contribution in [3.63, 3.8) is 0 Å². The second kappa shape index (κ2) is 9.65. The number of aryl methyl sites for hydroxylation is 2. The van der Waals surface area contributed by atoms with Gasteiger partial charge in [-0.1, -0.05) is 36.4 Å². The third-order valence-electron chi connectivity index (χ3n) is 4.96. The number of hydrogen-bond donors (Lipinski definition) is 3. The average Bonchev–Trinajstić information content (AvgIpc) is 2.75. The Hall–Kier alpha value is -3.65. The first-order chi connectivity index (χ1) is 15.2. The smallest absolute Gasteiger partial charge is 0.262 e. The molecule has 4 N–H and O–H groups in total. The number of benzene rings is 3. The van der Waals surface area contributed by atoms with Crippen LogP contribution in [0.5, 0.6) is 0 Å². The van der Waals surface area contributed by atoms with Crippen LogP contribution < -0.4 is 15.8 Å². The van der Waals surface area contributed by atoms with E-state index in [2.05, 4.69) is 10.0 Å². The molecule has 0 saturated heterocycles. The molecule has 3 aromatic rings. The van der Waals surface area contributed by atoms with Gasteiger partial charge in [0.05, 0.1) is 16.1 Å². The maximum Gasteiger partial charge on any atom is 0.262 e. The van der Waals surface area contributed by atoms with Crippen LogP contribution in [0.3, 0.4) is 0 Å². The van der Waals surface area contributed by atoms with Gasteiger partial charge in [-0.05, 0) is 67.3 Å². The summed E-state index contributed by atoms with van der Waals surface area (Å²) in [6.45, 7) is 3.85. The molecule has 8 heteroatoms. The largest absolute Gasteiger partial charge is 0.366 e. The van der Waals surface area contributed by atoms with Crippen molar-refractivity contribution >= 4 is 27.5 Å². The number of amides is 2. The van der Waals surface area contributed by atoms with Crippen LogP contribution in [-0.4, -0.2) is 26.8 Å². The molecule has 0 aromatic heterocycles. The van der Waals surface area contributed by atoms with Crippen molar-refractivity contribution in [1.29, 1.82) is 0 Å². The van der Waals surface area contributed by atoms with E-state index >= 15 is 0 Å². The van der Waals surface area contributed by atoms with Crippen LogP contribution in [0, 0.1) is 13.8 Å². The van der Waals surface area contributed by atoms with Gasteiger partial charge in [-0.15, -0.1) is 0 Å². The molecule has 32 heavy (non-hydrogen) atoms. The zero-order chi connectivity index (χ0) is 23.3. The zero-order valence-corrected chi connectivity index (χ0v) is 18.7. The predicted molar refractivity (Wildman–Crippen MR) is 124 cm³/mol. The van der Waals surface area contributed by atoms with E-state index in [1.54, 1.807) is 61.5 Å². The zero-order valence-electron chi connectivity index (χ0n) is 17.9. The second-order valence-corrected chi connectivity index (χ2v) is 9.14. The molecule has 0 bridgehead atoms. The van der Waals surface area contributed by atoms with E-state index in [-0.39, 0.29) is 16.1 Å². The van der Waals surface area contributed by atoms with E-state index in [9.17, 15) is 18.0 Å². The standard InChI is InChI=1S/C24H25N3O4S/c1-16-10-11-17(2)22(14-16)32(30,31)27-21-9-4-3-8-20(21)24(29)26-13-12-18-6-5-7-19(15-18)23(25)28/h3-11,14-15,27H,12-13H2,1-2H3,(H2,25,28)(H,26,29). The van der Waals surface area contributed by atoms with Crippen LogP contribution in [0.4, 0.5) is 5.69 Å². The fraction of sp³-hybridized carbons (Fsp3) is 0.167. The van der Waals surface area contributed by atoms with Gasteiger partial charge in [-0.2, -0.15) is 0 Å².